The molecule has 1 saturated carbocycles. The van der Waals surface area contributed by atoms with Crippen LogP contribution in [0, 0.1) is 5.92 Å². The van der Waals surface area contributed by atoms with Gasteiger partial charge in [-0.25, -0.2) is 0 Å². The van der Waals surface area contributed by atoms with Crippen LogP contribution in [0.1, 0.15) is 44.6 Å². The van der Waals surface area contributed by atoms with Gasteiger partial charge in [0.2, 0.25) is 0 Å². The van der Waals surface area contributed by atoms with E-state index >= 15 is 0 Å². The van der Waals surface area contributed by atoms with Crippen molar-refractivity contribution >= 4 is 0 Å². The zero-order valence-corrected chi connectivity index (χ0v) is 11.0. The first kappa shape index (κ1) is 12.7. The lowest BCUT2D eigenvalue weighted by atomic mass is 10.1. The summed E-state index contributed by atoms with van der Waals surface area (Å²) in [5.41, 5.74) is 5.56. The Bertz CT molecular complexity index is 342. The van der Waals surface area contributed by atoms with Crippen LogP contribution in [0.2, 0.25) is 0 Å². The number of hydrogen-bond acceptors (Lipinski definition) is 3. The third kappa shape index (κ3) is 3.86. The summed E-state index contributed by atoms with van der Waals surface area (Å²) in [6, 6.07) is 4.84. The van der Waals surface area contributed by atoms with Crippen LogP contribution < -0.4 is 5.73 Å². The highest BCUT2D eigenvalue weighted by Crippen LogP contribution is 2.29. The standard InChI is InChI=1S/C14H24N2O/c1-11(2)7-8-16(12-3-4-12)10-14-6-5-13(9-15)17-14/h5-6,11-12H,3-4,7-10,15H2,1-2H3. The number of nitrogens with zero attached hydrogens (tertiary/aromatic N) is 1. The normalized spacial score (nSPS) is 16.1. The molecule has 1 aliphatic carbocycles. The molecular formula is C14H24N2O. The van der Waals surface area contributed by atoms with E-state index in [2.05, 4.69) is 24.8 Å². The van der Waals surface area contributed by atoms with Crippen molar-refractivity contribution in [1.29, 1.82) is 0 Å². The van der Waals surface area contributed by atoms with Crippen molar-refractivity contribution in [2.24, 2.45) is 11.7 Å². The van der Waals surface area contributed by atoms with Crippen molar-refractivity contribution in [3.8, 4) is 0 Å². The molecular weight excluding hydrogens is 212 g/mol. The van der Waals surface area contributed by atoms with Crippen molar-refractivity contribution in [2.75, 3.05) is 6.54 Å². The van der Waals surface area contributed by atoms with E-state index in [-0.39, 0.29) is 0 Å². The maximum Gasteiger partial charge on any atom is 0.118 e. The van der Waals surface area contributed by atoms with Gasteiger partial charge in [-0.2, -0.15) is 0 Å². The molecule has 2 N–H and O–H groups in total. The predicted octanol–water partition coefficient (Wildman–Crippen LogP) is 2.75. The van der Waals surface area contributed by atoms with E-state index in [4.69, 9.17) is 10.2 Å². The van der Waals surface area contributed by atoms with Crippen molar-refractivity contribution < 1.29 is 4.42 Å². The molecule has 0 aromatic carbocycles. The van der Waals surface area contributed by atoms with Gasteiger partial charge in [0.25, 0.3) is 0 Å². The highest BCUT2D eigenvalue weighted by molar-refractivity contribution is 5.07. The SMILES string of the molecule is CC(C)CCN(Cc1ccc(CN)o1)C1CC1. The molecule has 0 saturated heterocycles. The first-order valence-corrected chi connectivity index (χ1v) is 6.70. The van der Waals surface area contributed by atoms with Crippen LogP contribution in [0.25, 0.3) is 0 Å². The Balaban J connectivity index is 1.88. The Hall–Kier alpha value is -0.800. The summed E-state index contributed by atoms with van der Waals surface area (Å²) in [6.07, 6.45) is 3.96. The Labute approximate surface area is 104 Å². The number of rotatable bonds is 7. The first-order valence-electron chi connectivity index (χ1n) is 6.70. The highest BCUT2D eigenvalue weighted by Gasteiger charge is 2.29. The fraction of sp³-hybridized carbons (Fsp3) is 0.714. The second-order valence-corrected chi connectivity index (χ2v) is 5.46. The molecule has 0 unspecified atom stereocenters. The third-order valence-electron chi connectivity index (χ3n) is 3.33. The second kappa shape index (κ2) is 5.69. The minimum absolute atomic E-state index is 0.495. The maximum absolute atomic E-state index is 5.68. The number of nitrogens with two attached hydrogens (primary N) is 1. The van der Waals surface area contributed by atoms with Gasteiger partial charge in [-0.1, -0.05) is 13.8 Å². The lowest BCUT2D eigenvalue weighted by Crippen LogP contribution is -2.27. The molecule has 1 aliphatic rings. The monoisotopic (exact) mass is 236 g/mol. The quantitative estimate of drug-likeness (QED) is 0.791. The van der Waals surface area contributed by atoms with Crippen molar-refractivity contribution in [2.45, 2.75) is 52.2 Å². The fourth-order valence-corrected chi connectivity index (χ4v) is 2.07. The van der Waals surface area contributed by atoms with Crippen LogP contribution in [0.4, 0.5) is 0 Å². The molecule has 17 heavy (non-hydrogen) atoms. The van der Waals surface area contributed by atoms with Crippen LogP contribution in [-0.4, -0.2) is 17.5 Å². The van der Waals surface area contributed by atoms with Crippen LogP contribution in [0.5, 0.6) is 0 Å². The van der Waals surface area contributed by atoms with E-state index < -0.39 is 0 Å². The Kier molecular flexibility index (Phi) is 4.24. The molecule has 3 heteroatoms. The second-order valence-electron chi connectivity index (χ2n) is 5.46. The fourth-order valence-electron chi connectivity index (χ4n) is 2.07. The molecule has 1 aromatic rings. The Morgan fingerprint density at radius 3 is 2.59 bits per heavy atom. The molecule has 2 rings (SSSR count). The summed E-state index contributed by atoms with van der Waals surface area (Å²) in [4.78, 5) is 2.55. The Morgan fingerprint density at radius 1 is 1.35 bits per heavy atom. The van der Waals surface area contributed by atoms with Gasteiger partial charge >= 0.3 is 0 Å². The molecule has 0 radical (unpaired) electrons. The van der Waals surface area contributed by atoms with Gasteiger partial charge in [0.05, 0.1) is 13.1 Å². The molecule has 1 fully saturated rings. The minimum Gasteiger partial charge on any atom is -0.463 e. The van der Waals surface area contributed by atoms with E-state index in [9.17, 15) is 0 Å². The van der Waals surface area contributed by atoms with Crippen LogP contribution in [-0.2, 0) is 13.1 Å². The van der Waals surface area contributed by atoms with Crippen LogP contribution in [0.15, 0.2) is 16.5 Å². The van der Waals surface area contributed by atoms with Gasteiger partial charge in [-0.3, -0.25) is 4.90 Å². The molecule has 0 atom stereocenters. The van der Waals surface area contributed by atoms with Crippen molar-refractivity contribution in [3.05, 3.63) is 23.7 Å². The van der Waals surface area contributed by atoms with E-state index in [1.807, 2.05) is 6.07 Å². The van der Waals surface area contributed by atoms with Gasteiger partial charge < -0.3 is 10.2 Å². The third-order valence-corrected chi connectivity index (χ3v) is 3.33. The summed E-state index contributed by atoms with van der Waals surface area (Å²) in [5, 5.41) is 0. The van der Waals surface area contributed by atoms with Crippen molar-refractivity contribution in [1.82, 2.24) is 4.90 Å². The van der Waals surface area contributed by atoms with Crippen LogP contribution in [0.3, 0.4) is 0 Å². The topological polar surface area (TPSA) is 42.4 Å². The Morgan fingerprint density at radius 2 is 2.06 bits per heavy atom. The maximum atomic E-state index is 5.68. The van der Waals surface area contributed by atoms with Gasteiger partial charge in [0, 0.05) is 6.04 Å². The largest absolute Gasteiger partial charge is 0.463 e. The summed E-state index contributed by atoms with van der Waals surface area (Å²) in [5.74, 6) is 2.72. The van der Waals surface area contributed by atoms with E-state index in [0.29, 0.717) is 6.54 Å². The lowest BCUT2D eigenvalue weighted by Gasteiger charge is -2.21. The zero-order chi connectivity index (χ0) is 12.3. The molecule has 1 heterocycles. The predicted molar refractivity (Wildman–Crippen MR) is 69.5 cm³/mol. The lowest BCUT2D eigenvalue weighted by molar-refractivity contribution is 0.219. The molecule has 1 aromatic heterocycles. The number of furan rings is 1. The minimum atomic E-state index is 0.495. The molecule has 0 amide bonds. The summed E-state index contributed by atoms with van der Waals surface area (Å²) in [6.45, 7) is 7.18. The molecule has 0 aliphatic heterocycles. The summed E-state index contributed by atoms with van der Waals surface area (Å²) in [7, 11) is 0. The molecule has 0 spiro atoms. The molecule has 3 nitrogen and oxygen atoms in total. The van der Waals surface area contributed by atoms with Gasteiger partial charge in [-0.15, -0.1) is 0 Å². The van der Waals surface area contributed by atoms with Crippen LogP contribution >= 0.6 is 0 Å². The average molecular weight is 236 g/mol. The van der Waals surface area contributed by atoms with E-state index in [1.54, 1.807) is 0 Å². The van der Waals surface area contributed by atoms with Gasteiger partial charge in [-0.05, 0) is 43.9 Å². The van der Waals surface area contributed by atoms with E-state index in [0.717, 1.165) is 30.0 Å². The molecule has 96 valence electrons. The highest BCUT2D eigenvalue weighted by atomic mass is 16.3. The van der Waals surface area contributed by atoms with Gasteiger partial charge in [0.15, 0.2) is 0 Å². The summed E-state index contributed by atoms with van der Waals surface area (Å²) < 4.78 is 5.68. The van der Waals surface area contributed by atoms with Gasteiger partial charge in [0.1, 0.15) is 11.5 Å². The van der Waals surface area contributed by atoms with E-state index in [1.165, 1.54) is 25.8 Å². The smallest absolute Gasteiger partial charge is 0.118 e. The number of hydrogen-bond donors (Lipinski definition) is 1. The average Bonchev–Trinajstić information content (AvgIpc) is 3.04. The zero-order valence-electron chi connectivity index (χ0n) is 11.0. The first-order chi connectivity index (χ1) is 8.19. The van der Waals surface area contributed by atoms with Crippen molar-refractivity contribution in [3.63, 3.8) is 0 Å². The summed E-state index contributed by atoms with van der Waals surface area (Å²) >= 11 is 0. The molecule has 0 bridgehead atoms.